The summed E-state index contributed by atoms with van der Waals surface area (Å²) in [5, 5.41) is 7.07. The number of likely N-dealkylation sites (tertiary alicyclic amines) is 1. The summed E-state index contributed by atoms with van der Waals surface area (Å²) in [4.78, 5) is 7.49. The van der Waals surface area contributed by atoms with E-state index in [0.717, 1.165) is 37.3 Å². The van der Waals surface area contributed by atoms with Crippen LogP contribution in [0.25, 0.3) is 0 Å². The highest BCUT2D eigenvalue weighted by molar-refractivity contribution is 14.0. The van der Waals surface area contributed by atoms with Gasteiger partial charge in [-0.15, -0.1) is 24.0 Å². The summed E-state index contributed by atoms with van der Waals surface area (Å²) in [6, 6.07) is 9.84. The Kier molecular flexibility index (Phi) is 9.85. The first-order chi connectivity index (χ1) is 13.2. The van der Waals surface area contributed by atoms with Gasteiger partial charge < -0.3 is 20.3 Å². The van der Waals surface area contributed by atoms with Crippen molar-refractivity contribution in [2.45, 2.75) is 64.0 Å². The molecule has 1 atom stereocenters. The molecule has 1 saturated carbocycles. The van der Waals surface area contributed by atoms with Gasteiger partial charge in [0.2, 0.25) is 0 Å². The highest BCUT2D eigenvalue weighted by Crippen LogP contribution is 2.29. The summed E-state index contributed by atoms with van der Waals surface area (Å²) in [5.41, 5.74) is 1.34. The Labute approximate surface area is 187 Å². The van der Waals surface area contributed by atoms with Crippen molar-refractivity contribution in [3.8, 4) is 5.75 Å². The number of nitrogens with one attached hydrogen (secondary N) is 2. The highest BCUT2D eigenvalue weighted by atomic mass is 127. The van der Waals surface area contributed by atoms with Gasteiger partial charge in [-0.3, -0.25) is 4.99 Å². The molecule has 1 aliphatic heterocycles. The third-order valence-electron chi connectivity index (χ3n) is 5.79. The van der Waals surface area contributed by atoms with Crippen LogP contribution in [0.2, 0.25) is 0 Å². The van der Waals surface area contributed by atoms with Crippen LogP contribution < -0.4 is 15.4 Å². The number of methoxy groups -OCH3 is 1. The molecule has 0 radical (unpaired) electrons. The van der Waals surface area contributed by atoms with E-state index in [1.54, 1.807) is 7.11 Å². The fourth-order valence-corrected chi connectivity index (χ4v) is 3.83. The lowest BCUT2D eigenvalue weighted by atomic mass is 9.98. The average molecular weight is 500 g/mol. The molecule has 5 nitrogen and oxygen atoms in total. The third-order valence-corrected chi connectivity index (χ3v) is 5.79. The van der Waals surface area contributed by atoms with Crippen molar-refractivity contribution in [2.75, 3.05) is 33.3 Å². The number of aliphatic imine (C=N–C) groups is 1. The van der Waals surface area contributed by atoms with E-state index >= 15 is 0 Å². The van der Waals surface area contributed by atoms with Crippen molar-refractivity contribution in [2.24, 2.45) is 4.99 Å². The standard InChI is InChI=1S/C22H36N4O.HI/c1-4-23-22(25-19-12-15-26(16-13-19)20-7-8-20)24-14-11-17(2)18-5-9-21(27-3)10-6-18;/h5-6,9-10,17,19-20H,4,7-8,11-16H2,1-3H3,(H2,23,24,25);1H. The van der Waals surface area contributed by atoms with Crippen LogP contribution in [0.3, 0.4) is 0 Å². The van der Waals surface area contributed by atoms with Crippen molar-refractivity contribution >= 4 is 29.9 Å². The van der Waals surface area contributed by atoms with Crippen LogP contribution >= 0.6 is 24.0 Å². The van der Waals surface area contributed by atoms with Crippen LogP contribution in [0.4, 0.5) is 0 Å². The molecule has 1 unspecified atom stereocenters. The second kappa shape index (κ2) is 11.9. The molecule has 1 aromatic carbocycles. The molecule has 2 N–H and O–H groups in total. The highest BCUT2D eigenvalue weighted by Gasteiger charge is 2.31. The fraction of sp³-hybridized carbons (Fsp3) is 0.682. The van der Waals surface area contributed by atoms with Gasteiger partial charge in [-0.05, 0) is 62.6 Å². The van der Waals surface area contributed by atoms with Crippen LogP contribution in [-0.4, -0.2) is 56.2 Å². The lowest BCUT2D eigenvalue weighted by Gasteiger charge is -2.33. The number of ether oxygens (including phenoxy) is 1. The van der Waals surface area contributed by atoms with Crippen LogP contribution in [0, 0.1) is 0 Å². The van der Waals surface area contributed by atoms with Gasteiger partial charge in [0.1, 0.15) is 5.75 Å². The Hall–Kier alpha value is -1.02. The monoisotopic (exact) mass is 500 g/mol. The Balaban J connectivity index is 0.00000280. The molecule has 1 aliphatic carbocycles. The number of nitrogens with zero attached hydrogens (tertiary/aromatic N) is 2. The first kappa shape index (κ1) is 23.3. The molecule has 2 aliphatic rings. The normalized spacial score (nSPS) is 19.6. The lowest BCUT2D eigenvalue weighted by Crippen LogP contribution is -2.49. The second-order valence-electron chi connectivity index (χ2n) is 7.91. The van der Waals surface area contributed by atoms with Crippen molar-refractivity contribution in [3.63, 3.8) is 0 Å². The number of rotatable bonds is 8. The molecule has 2 fully saturated rings. The largest absolute Gasteiger partial charge is 0.497 e. The first-order valence-electron chi connectivity index (χ1n) is 10.6. The molecule has 1 aromatic rings. The number of benzene rings is 1. The predicted molar refractivity (Wildman–Crippen MR) is 128 cm³/mol. The van der Waals surface area contributed by atoms with Gasteiger partial charge in [-0.1, -0.05) is 19.1 Å². The van der Waals surface area contributed by atoms with Gasteiger partial charge in [0.25, 0.3) is 0 Å². The van der Waals surface area contributed by atoms with E-state index in [9.17, 15) is 0 Å². The van der Waals surface area contributed by atoms with E-state index in [1.807, 2.05) is 12.1 Å². The average Bonchev–Trinajstić information content (AvgIpc) is 3.54. The molecule has 1 saturated heterocycles. The van der Waals surface area contributed by atoms with Gasteiger partial charge in [0.15, 0.2) is 5.96 Å². The molecular formula is C22H37IN4O. The van der Waals surface area contributed by atoms with Crippen LogP contribution in [0.15, 0.2) is 29.3 Å². The third kappa shape index (κ3) is 7.10. The minimum atomic E-state index is 0. The molecule has 1 heterocycles. The van der Waals surface area contributed by atoms with Crippen molar-refractivity contribution in [1.29, 1.82) is 0 Å². The maximum Gasteiger partial charge on any atom is 0.191 e. The lowest BCUT2D eigenvalue weighted by molar-refractivity contribution is 0.197. The first-order valence-corrected chi connectivity index (χ1v) is 10.6. The van der Waals surface area contributed by atoms with E-state index in [0.29, 0.717) is 12.0 Å². The molecule has 0 aromatic heterocycles. The van der Waals surface area contributed by atoms with Gasteiger partial charge in [0, 0.05) is 38.3 Å². The Morgan fingerprint density at radius 1 is 1.18 bits per heavy atom. The number of guanidine groups is 1. The van der Waals surface area contributed by atoms with Gasteiger partial charge in [-0.2, -0.15) is 0 Å². The van der Waals surface area contributed by atoms with Gasteiger partial charge in [-0.25, -0.2) is 0 Å². The predicted octanol–water partition coefficient (Wildman–Crippen LogP) is 3.99. The molecular weight excluding hydrogens is 463 g/mol. The molecule has 158 valence electrons. The summed E-state index contributed by atoms with van der Waals surface area (Å²) in [5.74, 6) is 2.38. The van der Waals surface area contributed by atoms with E-state index in [1.165, 1.54) is 44.3 Å². The van der Waals surface area contributed by atoms with Crippen LogP contribution in [-0.2, 0) is 0 Å². The van der Waals surface area contributed by atoms with Crippen molar-refractivity contribution in [3.05, 3.63) is 29.8 Å². The van der Waals surface area contributed by atoms with Gasteiger partial charge >= 0.3 is 0 Å². The molecule has 3 rings (SSSR count). The quantitative estimate of drug-likeness (QED) is 0.322. The van der Waals surface area contributed by atoms with Crippen molar-refractivity contribution < 1.29 is 4.74 Å². The summed E-state index contributed by atoms with van der Waals surface area (Å²) in [6.45, 7) is 8.61. The van der Waals surface area contributed by atoms with Gasteiger partial charge in [0.05, 0.1) is 7.11 Å². The van der Waals surface area contributed by atoms with Crippen LogP contribution in [0.5, 0.6) is 5.75 Å². The molecule has 0 spiro atoms. The molecule has 6 heteroatoms. The number of hydrogen-bond acceptors (Lipinski definition) is 3. The van der Waals surface area contributed by atoms with E-state index in [2.05, 4.69) is 41.5 Å². The zero-order valence-corrected chi connectivity index (χ0v) is 19.9. The minimum absolute atomic E-state index is 0. The molecule has 0 bridgehead atoms. The Morgan fingerprint density at radius 2 is 1.86 bits per heavy atom. The summed E-state index contributed by atoms with van der Waals surface area (Å²) < 4.78 is 5.24. The minimum Gasteiger partial charge on any atom is -0.497 e. The van der Waals surface area contributed by atoms with Crippen molar-refractivity contribution in [1.82, 2.24) is 15.5 Å². The van der Waals surface area contributed by atoms with E-state index < -0.39 is 0 Å². The zero-order chi connectivity index (χ0) is 19.1. The smallest absolute Gasteiger partial charge is 0.191 e. The maximum absolute atomic E-state index is 5.24. The summed E-state index contributed by atoms with van der Waals surface area (Å²) in [6.07, 6.45) is 6.32. The SMILES string of the molecule is CCNC(=NCCC(C)c1ccc(OC)cc1)NC1CCN(C2CC2)CC1.I. The zero-order valence-electron chi connectivity index (χ0n) is 17.6. The molecule has 0 amide bonds. The maximum atomic E-state index is 5.24. The van der Waals surface area contributed by atoms with E-state index in [-0.39, 0.29) is 24.0 Å². The summed E-state index contributed by atoms with van der Waals surface area (Å²) >= 11 is 0. The van der Waals surface area contributed by atoms with E-state index in [4.69, 9.17) is 9.73 Å². The topological polar surface area (TPSA) is 48.9 Å². The fourth-order valence-electron chi connectivity index (χ4n) is 3.83. The number of hydrogen-bond donors (Lipinski definition) is 2. The number of piperidine rings is 1. The van der Waals surface area contributed by atoms with Crippen LogP contribution in [0.1, 0.15) is 57.4 Å². The summed E-state index contributed by atoms with van der Waals surface area (Å²) in [7, 11) is 1.71. The molecule has 28 heavy (non-hydrogen) atoms. The Morgan fingerprint density at radius 3 is 2.43 bits per heavy atom. The Bertz CT molecular complexity index is 595. The number of halogens is 1. The second-order valence-corrected chi connectivity index (χ2v) is 7.91.